The number of rotatable bonds is 5. The van der Waals surface area contributed by atoms with E-state index in [1.165, 1.54) is 58.1 Å². The third-order valence-corrected chi connectivity index (χ3v) is 15.7. The first-order chi connectivity index (χ1) is 33.6. The van der Waals surface area contributed by atoms with Crippen molar-refractivity contribution in [3.63, 3.8) is 0 Å². The van der Waals surface area contributed by atoms with Gasteiger partial charge in [-0.15, -0.1) is 11.3 Å². The summed E-state index contributed by atoms with van der Waals surface area (Å²) in [5, 5.41) is 14.0. The van der Waals surface area contributed by atoms with E-state index in [1.54, 1.807) is 0 Å². The Morgan fingerprint density at radius 3 is 2.01 bits per heavy atom. The van der Waals surface area contributed by atoms with E-state index in [0.29, 0.717) is 5.84 Å². The molecule has 0 N–H and O–H groups in total. The largest absolute Gasteiger partial charge is 0.456 e. The number of benzene rings is 10. The summed E-state index contributed by atoms with van der Waals surface area (Å²) in [6.45, 7) is 2.27. The van der Waals surface area contributed by atoms with Crippen molar-refractivity contribution in [3.05, 3.63) is 211 Å². The average molecular weight is 890 g/mol. The van der Waals surface area contributed by atoms with Crippen LogP contribution in [-0.4, -0.2) is 16.1 Å². The van der Waals surface area contributed by atoms with Gasteiger partial charge in [-0.25, -0.2) is 4.99 Å². The lowest BCUT2D eigenvalue weighted by molar-refractivity contribution is 0.533. The Hall–Kier alpha value is -8.32. The van der Waals surface area contributed by atoms with Gasteiger partial charge in [-0.1, -0.05) is 140 Å². The third kappa shape index (κ3) is 5.49. The predicted molar refractivity (Wildman–Crippen MR) is 286 cm³/mol. The van der Waals surface area contributed by atoms with Crippen LogP contribution in [0.4, 0.5) is 0 Å². The number of aromatic nitrogens is 1. The van der Waals surface area contributed by atoms with Crippen molar-refractivity contribution >= 4 is 130 Å². The minimum atomic E-state index is -0.219. The third-order valence-electron chi connectivity index (χ3n) is 14.6. The highest BCUT2D eigenvalue weighted by atomic mass is 32.1. The predicted octanol–water partition coefficient (Wildman–Crippen LogP) is 17.3. The molecule has 5 heterocycles. The molecule has 1 aliphatic heterocycles. The standard InChI is InChI=1S/C62H39N3O2S/c1-2-41-59(38-24-26-44-43-17-7-10-20-52(43)66-54(44)31-38)63-62(64-60(41)39-25-27-46-45-18-9-12-22-56(45)68-57(46)32-39)50-33-40(34-55-58(50)48-19-8-11-21-53(48)67-55)65-51-30-37-15-4-3-14-36(37)29-49(51)47-28-23-35-13-5-6-16-42(35)61(47)65/h3-34,41,60H,2H2,1H3/t41-,60?/m1/s1. The number of thiophene rings is 1. The van der Waals surface area contributed by atoms with Crippen LogP contribution in [0.5, 0.6) is 0 Å². The van der Waals surface area contributed by atoms with E-state index >= 15 is 0 Å². The lowest BCUT2D eigenvalue weighted by Gasteiger charge is -2.30. The Kier molecular flexibility index (Phi) is 7.98. The van der Waals surface area contributed by atoms with Crippen molar-refractivity contribution in [1.82, 2.24) is 4.57 Å². The van der Waals surface area contributed by atoms with Crippen LogP contribution in [0.25, 0.3) is 113 Å². The van der Waals surface area contributed by atoms with Crippen LogP contribution in [0.2, 0.25) is 0 Å². The summed E-state index contributed by atoms with van der Waals surface area (Å²) in [6.07, 6.45) is 0.843. The van der Waals surface area contributed by atoms with Gasteiger partial charge in [0.15, 0.2) is 5.84 Å². The number of hydrogen-bond acceptors (Lipinski definition) is 5. The summed E-state index contributed by atoms with van der Waals surface area (Å²) in [7, 11) is 0. The Morgan fingerprint density at radius 2 is 1.16 bits per heavy atom. The second-order valence-corrected chi connectivity index (χ2v) is 19.4. The molecule has 0 saturated carbocycles. The molecule has 68 heavy (non-hydrogen) atoms. The zero-order chi connectivity index (χ0) is 44.6. The maximum Gasteiger partial charge on any atom is 0.156 e. The number of nitrogens with zero attached hydrogens (tertiary/aromatic N) is 3. The fraction of sp³-hybridized carbons (Fsp3) is 0.0645. The molecule has 6 heteroatoms. The Labute approximate surface area is 393 Å². The Bertz CT molecular complexity index is 4520. The van der Waals surface area contributed by atoms with E-state index in [4.69, 9.17) is 18.8 Å². The van der Waals surface area contributed by atoms with Gasteiger partial charge < -0.3 is 13.4 Å². The molecule has 0 spiro atoms. The molecule has 5 nitrogen and oxygen atoms in total. The first kappa shape index (κ1) is 37.9. The molecule has 14 aromatic rings. The average Bonchev–Trinajstić information content (AvgIpc) is 4.15. The lowest BCUT2D eigenvalue weighted by atomic mass is 9.82. The minimum Gasteiger partial charge on any atom is -0.456 e. The monoisotopic (exact) mass is 889 g/mol. The summed E-state index contributed by atoms with van der Waals surface area (Å²) in [4.78, 5) is 11.6. The smallest absolute Gasteiger partial charge is 0.156 e. The van der Waals surface area contributed by atoms with E-state index in [-0.39, 0.29) is 12.0 Å². The number of furan rings is 2. The summed E-state index contributed by atoms with van der Waals surface area (Å²) in [5.74, 6) is 0.675. The first-order valence-electron chi connectivity index (χ1n) is 23.4. The van der Waals surface area contributed by atoms with Gasteiger partial charge in [-0.2, -0.15) is 0 Å². The second-order valence-electron chi connectivity index (χ2n) is 18.3. The maximum atomic E-state index is 6.90. The maximum absolute atomic E-state index is 6.90. The molecule has 4 aromatic heterocycles. The normalized spacial score (nSPS) is 15.7. The fourth-order valence-corrected chi connectivity index (χ4v) is 12.6. The molecule has 1 aliphatic rings. The molecule has 0 bridgehead atoms. The van der Waals surface area contributed by atoms with E-state index in [1.807, 2.05) is 29.5 Å². The quantitative estimate of drug-likeness (QED) is 0.173. The second kappa shape index (κ2) is 14.3. The molecule has 10 aromatic carbocycles. The van der Waals surface area contributed by atoms with Gasteiger partial charge in [0.05, 0.1) is 28.5 Å². The van der Waals surface area contributed by atoms with Gasteiger partial charge in [0.1, 0.15) is 22.3 Å². The fourth-order valence-electron chi connectivity index (χ4n) is 11.4. The highest BCUT2D eigenvalue weighted by molar-refractivity contribution is 7.25. The van der Waals surface area contributed by atoms with Gasteiger partial charge in [0.2, 0.25) is 0 Å². The van der Waals surface area contributed by atoms with Gasteiger partial charge in [0, 0.05) is 81.0 Å². The zero-order valence-corrected chi connectivity index (χ0v) is 37.7. The van der Waals surface area contributed by atoms with E-state index in [0.717, 1.165) is 83.9 Å². The van der Waals surface area contributed by atoms with Gasteiger partial charge in [0.25, 0.3) is 0 Å². The Morgan fingerprint density at radius 1 is 0.500 bits per heavy atom. The van der Waals surface area contributed by atoms with E-state index in [2.05, 4.69) is 187 Å². The molecule has 1 unspecified atom stereocenters. The molecule has 0 amide bonds. The summed E-state index contributed by atoms with van der Waals surface area (Å²) < 4.78 is 18.4. The molecule has 0 aliphatic carbocycles. The molecule has 0 saturated heterocycles. The van der Waals surface area contributed by atoms with Crippen LogP contribution < -0.4 is 0 Å². The molecule has 0 radical (unpaired) electrons. The number of aliphatic imine (C=N–C) groups is 2. The van der Waals surface area contributed by atoms with Crippen molar-refractivity contribution < 1.29 is 8.83 Å². The molecule has 2 atom stereocenters. The summed E-state index contributed by atoms with van der Waals surface area (Å²) in [5.41, 5.74) is 10.8. The van der Waals surface area contributed by atoms with Crippen molar-refractivity contribution in [1.29, 1.82) is 0 Å². The summed E-state index contributed by atoms with van der Waals surface area (Å²) in [6, 6.07) is 69.9. The minimum absolute atomic E-state index is 0.0100. The van der Waals surface area contributed by atoms with Crippen LogP contribution in [0.1, 0.15) is 36.1 Å². The lowest BCUT2D eigenvalue weighted by Crippen LogP contribution is -2.28. The molecule has 320 valence electrons. The number of amidine groups is 1. The highest BCUT2D eigenvalue weighted by Crippen LogP contribution is 2.45. The van der Waals surface area contributed by atoms with Crippen LogP contribution in [0.15, 0.2) is 213 Å². The van der Waals surface area contributed by atoms with Gasteiger partial charge in [-0.05, 0) is 82.7 Å². The zero-order valence-electron chi connectivity index (χ0n) is 36.9. The van der Waals surface area contributed by atoms with Crippen LogP contribution in [0, 0.1) is 5.92 Å². The van der Waals surface area contributed by atoms with Crippen molar-refractivity contribution in [3.8, 4) is 5.69 Å². The molecule has 15 rings (SSSR count). The van der Waals surface area contributed by atoms with E-state index in [9.17, 15) is 0 Å². The van der Waals surface area contributed by atoms with Crippen molar-refractivity contribution in [2.45, 2.75) is 19.4 Å². The number of fused-ring (bicyclic) bond motifs is 15. The van der Waals surface area contributed by atoms with Crippen molar-refractivity contribution in [2.75, 3.05) is 0 Å². The van der Waals surface area contributed by atoms with Crippen LogP contribution >= 0.6 is 11.3 Å². The highest BCUT2D eigenvalue weighted by Gasteiger charge is 2.34. The first-order valence-corrected chi connectivity index (χ1v) is 24.3. The topological polar surface area (TPSA) is 55.9 Å². The molecular weight excluding hydrogens is 851 g/mol. The van der Waals surface area contributed by atoms with Gasteiger partial charge >= 0.3 is 0 Å². The molecule has 0 fully saturated rings. The Balaban J connectivity index is 1.03. The SMILES string of the molecule is CC[C@@H]1C(c2ccc3c(c2)oc2ccccc23)=NC(c2cc(-n3c4cc5ccccc5cc4c4ccc5ccccc5c43)cc3oc4ccccc4c23)=NC1c1ccc2c(c1)sc1ccccc12. The number of para-hydroxylation sites is 2. The molecular formula is C62H39N3O2S. The van der Waals surface area contributed by atoms with E-state index < -0.39 is 0 Å². The summed E-state index contributed by atoms with van der Waals surface area (Å²) >= 11 is 1.85. The van der Waals surface area contributed by atoms with Gasteiger partial charge in [-0.3, -0.25) is 4.99 Å². The van der Waals surface area contributed by atoms with Crippen LogP contribution in [-0.2, 0) is 0 Å². The van der Waals surface area contributed by atoms with Crippen LogP contribution in [0.3, 0.4) is 0 Å². The number of hydrogen-bond donors (Lipinski definition) is 0. The van der Waals surface area contributed by atoms with Crippen molar-refractivity contribution in [2.24, 2.45) is 15.9 Å².